The van der Waals surface area contributed by atoms with E-state index >= 15 is 0 Å². The number of rotatable bonds is 4. The van der Waals surface area contributed by atoms with Gasteiger partial charge in [0.15, 0.2) is 0 Å². The number of aromatic nitrogens is 2. The monoisotopic (exact) mass is 385 g/mol. The lowest BCUT2D eigenvalue weighted by Crippen LogP contribution is -2.39. The molecule has 2 unspecified atom stereocenters. The summed E-state index contributed by atoms with van der Waals surface area (Å²) in [6.07, 6.45) is 0.648. The molecule has 0 bridgehead atoms. The highest BCUT2D eigenvalue weighted by molar-refractivity contribution is 7.03. The van der Waals surface area contributed by atoms with Crippen LogP contribution in [0.1, 0.15) is 18.0 Å². The predicted octanol–water partition coefficient (Wildman–Crippen LogP) is 3.40. The van der Waals surface area contributed by atoms with Crippen LogP contribution in [0.4, 0.5) is 5.69 Å². The Hall–Kier alpha value is -2.32. The van der Waals surface area contributed by atoms with Gasteiger partial charge < -0.3 is 5.32 Å². The number of hydrazine groups is 1. The Morgan fingerprint density at radius 1 is 1.19 bits per heavy atom. The summed E-state index contributed by atoms with van der Waals surface area (Å²) in [6, 6.07) is 14.9. The van der Waals surface area contributed by atoms with E-state index in [-0.39, 0.29) is 18.0 Å². The highest BCUT2D eigenvalue weighted by Gasteiger charge is 2.30. The van der Waals surface area contributed by atoms with Crippen molar-refractivity contribution in [2.75, 3.05) is 5.32 Å². The van der Waals surface area contributed by atoms with Crippen LogP contribution in [0, 0.1) is 0 Å². The van der Waals surface area contributed by atoms with Gasteiger partial charge in [-0.2, -0.15) is 0 Å². The van der Waals surface area contributed by atoms with Gasteiger partial charge in [-0.1, -0.05) is 40.4 Å². The lowest BCUT2D eigenvalue weighted by Gasteiger charge is -2.11. The first-order valence-corrected chi connectivity index (χ1v) is 9.35. The van der Waals surface area contributed by atoms with Crippen molar-refractivity contribution in [3.8, 4) is 11.3 Å². The molecule has 3 aromatic rings. The maximum Gasteiger partial charge on any atom is 0.242 e. The van der Waals surface area contributed by atoms with Crippen LogP contribution in [0.15, 0.2) is 53.9 Å². The first-order valence-electron chi connectivity index (χ1n) is 8.14. The number of amides is 1. The van der Waals surface area contributed by atoms with E-state index in [9.17, 15) is 4.79 Å². The highest BCUT2D eigenvalue weighted by Crippen LogP contribution is 2.25. The predicted molar refractivity (Wildman–Crippen MR) is 103 cm³/mol. The molecule has 8 heteroatoms. The Kier molecular flexibility index (Phi) is 4.94. The van der Waals surface area contributed by atoms with Crippen LogP contribution >= 0.6 is 23.1 Å². The van der Waals surface area contributed by atoms with Crippen LogP contribution < -0.4 is 16.2 Å². The third-order valence-electron chi connectivity index (χ3n) is 4.28. The van der Waals surface area contributed by atoms with E-state index in [4.69, 9.17) is 11.6 Å². The van der Waals surface area contributed by atoms with Gasteiger partial charge in [-0.25, -0.2) is 10.9 Å². The van der Waals surface area contributed by atoms with Crippen LogP contribution in [0.25, 0.3) is 11.3 Å². The van der Waals surface area contributed by atoms with Crippen molar-refractivity contribution in [3.63, 3.8) is 0 Å². The zero-order valence-corrected chi connectivity index (χ0v) is 15.2. The number of halogens is 1. The van der Waals surface area contributed by atoms with Crippen LogP contribution in [0.5, 0.6) is 0 Å². The molecule has 26 heavy (non-hydrogen) atoms. The molecule has 132 valence electrons. The van der Waals surface area contributed by atoms with E-state index in [1.165, 1.54) is 11.5 Å². The van der Waals surface area contributed by atoms with Crippen LogP contribution in [0.3, 0.4) is 0 Å². The molecule has 1 aliphatic heterocycles. The molecule has 0 spiro atoms. The van der Waals surface area contributed by atoms with E-state index in [1.54, 1.807) is 0 Å². The summed E-state index contributed by atoms with van der Waals surface area (Å²) in [5.41, 5.74) is 9.82. The molecule has 1 aliphatic rings. The molecular weight excluding hydrogens is 370 g/mol. The molecular formula is C18H16ClN5OS. The van der Waals surface area contributed by atoms with E-state index in [2.05, 4.69) is 25.8 Å². The fraction of sp³-hybridized carbons (Fsp3) is 0.167. The molecule has 1 fully saturated rings. The minimum atomic E-state index is -0.318. The number of carbonyl (C=O) groups excluding carboxylic acids is 1. The zero-order chi connectivity index (χ0) is 17.9. The number of hydrogen-bond acceptors (Lipinski definition) is 6. The fourth-order valence-corrected chi connectivity index (χ4v) is 3.58. The van der Waals surface area contributed by atoms with Gasteiger partial charge in [0.25, 0.3) is 0 Å². The van der Waals surface area contributed by atoms with Crippen molar-refractivity contribution in [3.05, 3.63) is 64.5 Å². The SMILES string of the molecule is O=C(Nc1ccc(-c2csnn2)cc1)C1CC(c2cccc(Cl)c2)NN1. The zero-order valence-electron chi connectivity index (χ0n) is 13.6. The second-order valence-electron chi connectivity index (χ2n) is 6.04. The van der Waals surface area contributed by atoms with Crippen molar-refractivity contribution in [2.24, 2.45) is 0 Å². The summed E-state index contributed by atoms with van der Waals surface area (Å²) >= 11 is 7.35. The summed E-state index contributed by atoms with van der Waals surface area (Å²) in [4.78, 5) is 12.5. The third kappa shape index (κ3) is 3.76. The van der Waals surface area contributed by atoms with Crippen molar-refractivity contribution >= 4 is 34.7 Å². The summed E-state index contributed by atoms with van der Waals surface area (Å²) in [5.74, 6) is -0.0786. The van der Waals surface area contributed by atoms with Crippen molar-refractivity contribution in [1.82, 2.24) is 20.4 Å². The topological polar surface area (TPSA) is 78.9 Å². The Morgan fingerprint density at radius 3 is 2.77 bits per heavy atom. The molecule has 4 rings (SSSR count). The smallest absolute Gasteiger partial charge is 0.242 e. The van der Waals surface area contributed by atoms with E-state index < -0.39 is 0 Å². The van der Waals surface area contributed by atoms with Crippen LogP contribution in [0.2, 0.25) is 5.02 Å². The second-order valence-corrected chi connectivity index (χ2v) is 7.09. The van der Waals surface area contributed by atoms with Crippen LogP contribution in [-0.4, -0.2) is 21.5 Å². The average molecular weight is 386 g/mol. The molecule has 1 saturated heterocycles. The lowest BCUT2D eigenvalue weighted by atomic mass is 10.0. The summed E-state index contributed by atoms with van der Waals surface area (Å²) in [7, 11) is 0. The number of hydrogen-bond donors (Lipinski definition) is 3. The van der Waals surface area contributed by atoms with Gasteiger partial charge in [0.05, 0.1) is 0 Å². The number of nitrogens with one attached hydrogen (secondary N) is 3. The maximum atomic E-state index is 12.5. The van der Waals surface area contributed by atoms with Gasteiger partial charge in [0, 0.05) is 27.7 Å². The van der Waals surface area contributed by atoms with Gasteiger partial charge in [-0.3, -0.25) is 4.79 Å². The molecule has 2 atom stereocenters. The molecule has 2 heterocycles. The molecule has 3 N–H and O–H groups in total. The highest BCUT2D eigenvalue weighted by atomic mass is 35.5. The number of anilines is 1. The normalized spacial score (nSPS) is 19.4. The maximum absolute atomic E-state index is 12.5. The van der Waals surface area contributed by atoms with Gasteiger partial charge in [-0.15, -0.1) is 5.10 Å². The quantitative estimate of drug-likeness (QED) is 0.641. The fourth-order valence-electron chi connectivity index (χ4n) is 2.91. The number of carbonyl (C=O) groups is 1. The second kappa shape index (κ2) is 7.51. The minimum absolute atomic E-state index is 0.0454. The van der Waals surface area contributed by atoms with E-state index in [1.807, 2.05) is 53.9 Å². The van der Waals surface area contributed by atoms with E-state index in [0.717, 1.165) is 22.5 Å². The van der Waals surface area contributed by atoms with Gasteiger partial charge in [0.1, 0.15) is 11.7 Å². The molecule has 1 aromatic heterocycles. The Labute approximate surface area is 159 Å². The summed E-state index contributed by atoms with van der Waals surface area (Å²) in [6.45, 7) is 0. The van der Waals surface area contributed by atoms with Crippen LogP contribution in [-0.2, 0) is 4.79 Å². The lowest BCUT2D eigenvalue weighted by molar-refractivity contribution is -0.117. The summed E-state index contributed by atoms with van der Waals surface area (Å²) < 4.78 is 3.86. The van der Waals surface area contributed by atoms with Crippen molar-refractivity contribution in [2.45, 2.75) is 18.5 Å². The number of nitrogens with zero attached hydrogens (tertiary/aromatic N) is 2. The molecule has 0 radical (unpaired) electrons. The molecule has 0 aliphatic carbocycles. The molecule has 2 aromatic carbocycles. The van der Waals surface area contributed by atoms with Gasteiger partial charge in [-0.05, 0) is 47.8 Å². The molecule has 1 amide bonds. The summed E-state index contributed by atoms with van der Waals surface area (Å²) in [5, 5.41) is 9.55. The van der Waals surface area contributed by atoms with E-state index in [0.29, 0.717) is 11.4 Å². The van der Waals surface area contributed by atoms with Gasteiger partial charge in [0.2, 0.25) is 5.91 Å². The minimum Gasteiger partial charge on any atom is -0.325 e. The third-order valence-corrected chi connectivity index (χ3v) is 5.02. The Balaban J connectivity index is 1.38. The molecule has 6 nitrogen and oxygen atoms in total. The van der Waals surface area contributed by atoms with Crippen molar-refractivity contribution in [1.29, 1.82) is 0 Å². The largest absolute Gasteiger partial charge is 0.325 e. The Morgan fingerprint density at radius 2 is 2.04 bits per heavy atom. The van der Waals surface area contributed by atoms with Gasteiger partial charge >= 0.3 is 0 Å². The first kappa shape index (κ1) is 17.1. The average Bonchev–Trinajstić information content (AvgIpc) is 3.35. The van der Waals surface area contributed by atoms with Crippen molar-refractivity contribution < 1.29 is 4.79 Å². The number of benzene rings is 2. The first-order chi connectivity index (χ1) is 12.7. The Bertz CT molecular complexity index is 900. The standard InChI is InChI=1S/C18H16ClN5OS/c19-13-3-1-2-12(8-13)15-9-16(22-21-15)18(25)20-14-6-4-11(5-7-14)17-10-26-24-23-17/h1-8,10,15-16,21-22H,9H2,(H,20,25). The molecule has 0 saturated carbocycles.